The van der Waals surface area contributed by atoms with E-state index >= 15 is 0 Å². The highest BCUT2D eigenvalue weighted by Crippen LogP contribution is 2.36. The minimum absolute atomic E-state index is 0.0556. The van der Waals surface area contributed by atoms with Crippen LogP contribution in [0.15, 0.2) is 42.7 Å². The summed E-state index contributed by atoms with van der Waals surface area (Å²) in [6, 6.07) is 9.77. The zero-order valence-electron chi connectivity index (χ0n) is 17.4. The molecule has 0 bridgehead atoms. The molecule has 1 amide bonds. The monoisotopic (exact) mass is 403 g/mol. The van der Waals surface area contributed by atoms with Gasteiger partial charge in [-0.3, -0.25) is 9.20 Å². The lowest BCUT2D eigenvalue weighted by molar-refractivity contribution is -0.129. The number of aromatic nitrogens is 4. The maximum atomic E-state index is 12.2. The first-order chi connectivity index (χ1) is 14.3. The third-order valence-electron chi connectivity index (χ3n) is 6.02. The van der Waals surface area contributed by atoms with Crippen molar-refractivity contribution in [3.05, 3.63) is 54.1 Å². The second-order valence-corrected chi connectivity index (χ2v) is 8.52. The first-order valence-corrected chi connectivity index (χ1v) is 10.3. The Hall–Kier alpha value is -3.19. The molecule has 7 nitrogen and oxygen atoms in total. The van der Waals surface area contributed by atoms with E-state index in [9.17, 15) is 9.90 Å². The van der Waals surface area contributed by atoms with E-state index in [0.717, 1.165) is 58.7 Å². The van der Waals surface area contributed by atoms with Crippen molar-refractivity contribution in [2.45, 2.75) is 45.3 Å². The summed E-state index contributed by atoms with van der Waals surface area (Å²) >= 11 is 0. The summed E-state index contributed by atoms with van der Waals surface area (Å²) in [5.74, 6) is 0.941. The van der Waals surface area contributed by atoms with Gasteiger partial charge in [0, 0.05) is 25.2 Å². The Morgan fingerprint density at radius 1 is 1.20 bits per heavy atom. The van der Waals surface area contributed by atoms with E-state index in [-0.39, 0.29) is 11.9 Å². The fraction of sp³-hybridized carbons (Fsp3) is 0.348. The average molecular weight is 403 g/mol. The molecule has 0 saturated carbocycles. The molecule has 1 saturated heterocycles. The number of aromatic amines is 1. The fourth-order valence-corrected chi connectivity index (χ4v) is 4.47. The SMILES string of the molecule is CC(=O)N1CCC[C@@H]1c1nc(-c2ccc(C(C)(C)O)cc2)c2cnc3[nH]ccc3n12. The largest absolute Gasteiger partial charge is 0.386 e. The third kappa shape index (κ3) is 2.89. The quantitative estimate of drug-likeness (QED) is 0.545. The Balaban J connectivity index is 1.73. The molecular formula is C23H25N5O2. The number of nitrogens with zero attached hydrogens (tertiary/aromatic N) is 4. The van der Waals surface area contributed by atoms with E-state index in [2.05, 4.69) is 14.4 Å². The number of nitrogens with one attached hydrogen (secondary N) is 1. The maximum Gasteiger partial charge on any atom is 0.220 e. The van der Waals surface area contributed by atoms with Gasteiger partial charge in [-0.05, 0) is 38.3 Å². The minimum Gasteiger partial charge on any atom is -0.386 e. The molecule has 5 rings (SSSR count). The molecule has 0 radical (unpaired) electrons. The van der Waals surface area contributed by atoms with Crippen molar-refractivity contribution in [3.8, 4) is 11.3 Å². The Kier molecular flexibility index (Phi) is 4.18. The molecule has 1 atom stereocenters. The van der Waals surface area contributed by atoms with E-state index < -0.39 is 5.60 Å². The van der Waals surface area contributed by atoms with Crippen molar-refractivity contribution in [3.63, 3.8) is 0 Å². The van der Waals surface area contributed by atoms with Crippen molar-refractivity contribution in [2.75, 3.05) is 6.54 Å². The number of H-pyrrole nitrogens is 1. The van der Waals surface area contributed by atoms with Crippen LogP contribution in [-0.4, -0.2) is 41.8 Å². The number of hydrogen-bond acceptors (Lipinski definition) is 4. The summed E-state index contributed by atoms with van der Waals surface area (Å²) in [5, 5.41) is 10.3. The van der Waals surface area contributed by atoms with Crippen LogP contribution < -0.4 is 0 Å². The van der Waals surface area contributed by atoms with Crippen LogP contribution >= 0.6 is 0 Å². The number of carbonyl (C=O) groups is 1. The number of carbonyl (C=O) groups excluding carboxylic acids is 1. The lowest BCUT2D eigenvalue weighted by Gasteiger charge is -2.22. The van der Waals surface area contributed by atoms with E-state index in [1.807, 2.05) is 47.6 Å². The Morgan fingerprint density at radius 3 is 2.67 bits per heavy atom. The third-order valence-corrected chi connectivity index (χ3v) is 6.02. The lowest BCUT2D eigenvalue weighted by Crippen LogP contribution is -2.29. The van der Waals surface area contributed by atoms with Crippen LogP contribution in [0.25, 0.3) is 27.9 Å². The van der Waals surface area contributed by atoms with Crippen LogP contribution in [-0.2, 0) is 10.4 Å². The van der Waals surface area contributed by atoms with Gasteiger partial charge in [-0.1, -0.05) is 24.3 Å². The number of aliphatic hydroxyl groups is 1. The molecule has 7 heteroatoms. The maximum absolute atomic E-state index is 12.2. The van der Waals surface area contributed by atoms with Gasteiger partial charge in [0.05, 0.1) is 34.6 Å². The van der Waals surface area contributed by atoms with Gasteiger partial charge in [0.15, 0.2) is 5.65 Å². The summed E-state index contributed by atoms with van der Waals surface area (Å²) in [7, 11) is 0. The highest BCUT2D eigenvalue weighted by Gasteiger charge is 2.32. The summed E-state index contributed by atoms with van der Waals surface area (Å²) in [6.45, 7) is 5.92. The van der Waals surface area contributed by atoms with Gasteiger partial charge in [0.25, 0.3) is 0 Å². The van der Waals surface area contributed by atoms with Gasteiger partial charge < -0.3 is 15.0 Å². The van der Waals surface area contributed by atoms with Gasteiger partial charge in [0.1, 0.15) is 5.82 Å². The number of imidazole rings is 1. The molecule has 30 heavy (non-hydrogen) atoms. The molecule has 1 fully saturated rings. The first kappa shape index (κ1) is 18.8. The molecule has 1 aliphatic rings. The standard InChI is InChI=1S/C23H25N5O2/c1-14(29)27-12-4-5-18(27)22-26-20(15-6-8-16(9-7-15)23(2,3)30)19-13-25-21-17(28(19)22)10-11-24-21/h6-11,13,18,24,30H,4-5,12H2,1-3H3/t18-/m1/s1. The average Bonchev–Trinajstić information content (AvgIpc) is 3.43. The second-order valence-electron chi connectivity index (χ2n) is 8.52. The molecule has 2 N–H and O–H groups in total. The van der Waals surface area contributed by atoms with Crippen molar-refractivity contribution in [2.24, 2.45) is 0 Å². The molecule has 0 unspecified atom stereocenters. The van der Waals surface area contributed by atoms with Crippen LogP contribution in [0.4, 0.5) is 0 Å². The summed E-state index contributed by atoms with van der Waals surface area (Å²) < 4.78 is 2.13. The van der Waals surface area contributed by atoms with E-state index in [0.29, 0.717) is 0 Å². The molecule has 0 spiro atoms. The molecule has 154 valence electrons. The van der Waals surface area contributed by atoms with E-state index in [1.165, 1.54) is 0 Å². The summed E-state index contributed by atoms with van der Waals surface area (Å²) in [6.07, 6.45) is 5.57. The van der Waals surface area contributed by atoms with E-state index in [4.69, 9.17) is 4.98 Å². The number of amides is 1. The molecule has 4 heterocycles. The summed E-state index contributed by atoms with van der Waals surface area (Å²) in [5.41, 5.74) is 4.38. The zero-order valence-corrected chi connectivity index (χ0v) is 17.4. The van der Waals surface area contributed by atoms with E-state index in [1.54, 1.807) is 20.8 Å². The highest BCUT2D eigenvalue weighted by atomic mass is 16.3. The number of likely N-dealkylation sites (tertiary alicyclic amines) is 1. The van der Waals surface area contributed by atoms with Gasteiger partial charge >= 0.3 is 0 Å². The predicted octanol–water partition coefficient (Wildman–Crippen LogP) is 3.79. The van der Waals surface area contributed by atoms with Crippen LogP contribution in [0.3, 0.4) is 0 Å². The second kappa shape index (κ2) is 6.67. The van der Waals surface area contributed by atoms with Gasteiger partial charge in [0.2, 0.25) is 5.91 Å². The fourth-order valence-electron chi connectivity index (χ4n) is 4.47. The number of rotatable bonds is 3. The smallest absolute Gasteiger partial charge is 0.220 e. The molecule has 1 aromatic carbocycles. The Bertz CT molecular complexity index is 1250. The number of fused-ring (bicyclic) bond motifs is 3. The van der Waals surface area contributed by atoms with Gasteiger partial charge in [-0.15, -0.1) is 0 Å². The normalized spacial score (nSPS) is 17.3. The van der Waals surface area contributed by atoms with Crippen molar-refractivity contribution in [1.29, 1.82) is 0 Å². The highest BCUT2D eigenvalue weighted by molar-refractivity contribution is 5.84. The zero-order chi connectivity index (χ0) is 21.0. The Morgan fingerprint density at radius 2 is 1.97 bits per heavy atom. The lowest BCUT2D eigenvalue weighted by atomic mass is 9.97. The van der Waals surface area contributed by atoms with Crippen molar-refractivity contribution in [1.82, 2.24) is 24.3 Å². The minimum atomic E-state index is -0.898. The molecule has 3 aromatic heterocycles. The summed E-state index contributed by atoms with van der Waals surface area (Å²) in [4.78, 5) is 26.9. The Labute approximate surface area is 174 Å². The number of benzene rings is 1. The van der Waals surface area contributed by atoms with Crippen LogP contribution in [0.1, 0.15) is 51.0 Å². The molecule has 0 aliphatic carbocycles. The van der Waals surface area contributed by atoms with Crippen LogP contribution in [0.5, 0.6) is 0 Å². The molecule has 1 aliphatic heterocycles. The van der Waals surface area contributed by atoms with Gasteiger partial charge in [-0.25, -0.2) is 9.97 Å². The van der Waals surface area contributed by atoms with Gasteiger partial charge in [-0.2, -0.15) is 0 Å². The molecular weight excluding hydrogens is 378 g/mol. The van der Waals surface area contributed by atoms with Crippen molar-refractivity contribution < 1.29 is 9.90 Å². The topological polar surface area (TPSA) is 86.5 Å². The van der Waals surface area contributed by atoms with Crippen molar-refractivity contribution >= 4 is 22.6 Å². The van der Waals surface area contributed by atoms with Crippen LogP contribution in [0, 0.1) is 0 Å². The van der Waals surface area contributed by atoms with Crippen LogP contribution in [0.2, 0.25) is 0 Å². The molecule has 4 aromatic rings. The predicted molar refractivity (Wildman–Crippen MR) is 115 cm³/mol. The first-order valence-electron chi connectivity index (χ1n) is 10.3. The number of hydrogen-bond donors (Lipinski definition) is 2.